The Balaban J connectivity index is 0.000000231. The van der Waals surface area contributed by atoms with Gasteiger partial charge in [0.15, 0.2) is 0 Å². The van der Waals surface area contributed by atoms with E-state index in [2.05, 4.69) is 154 Å². The van der Waals surface area contributed by atoms with Crippen LogP contribution in [0.25, 0.3) is 44.5 Å². The Morgan fingerprint density at radius 2 is 0.492 bits per heavy atom. The molecule has 2 heterocycles. The van der Waals surface area contributed by atoms with E-state index in [0.717, 1.165) is 12.8 Å². The molecule has 2 nitrogen and oxygen atoms in total. The van der Waals surface area contributed by atoms with Gasteiger partial charge in [-0.3, -0.25) is 9.97 Å². The lowest BCUT2D eigenvalue weighted by atomic mass is 9.99. The molecule has 0 aliphatic carbocycles. The third-order valence-corrected chi connectivity index (χ3v) is 12.1. The Kier molecular flexibility index (Phi) is 21.6. The SMILES string of the molecule is CCCCCCCc1ccc(-c2ccc(-c3ccc(CCCCCC)cc3)cc2)cn1.CCCCCCc1ccc(-c2ccc(-c3ccc(CCCCCC)nc3)cc2)cc1. The van der Waals surface area contributed by atoms with Crippen molar-refractivity contribution in [2.24, 2.45) is 0 Å². The lowest BCUT2D eigenvalue weighted by Crippen LogP contribution is -1.91. The molecule has 322 valence electrons. The zero-order valence-corrected chi connectivity index (χ0v) is 38.4. The molecule has 0 bridgehead atoms. The Bertz CT molecular complexity index is 1930. The van der Waals surface area contributed by atoms with Crippen molar-refractivity contribution in [1.82, 2.24) is 9.97 Å². The Morgan fingerprint density at radius 1 is 0.246 bits per heavy atom. The molecular formula is C59H76N2. The first-order valence-corrected chi connectivity index (χ1v) is 24.4. The van der Waals surface area contributed by atoms with Crippen molar-refractivity contribution in [2.45, 2.75) is 163 Å². The zero-order valence-electron chi connectivity index (χ0n) is 38.4. The molecule has 0 saturated carbocycles. The van der Waals surface area contributed by atoms with Gasteiger partial charge in [-0.05, 0) is 108 Å². The minimum atomic E-state index is 1.09. The summed E-state index contributed by atoms with van der Waals surface area (Å²) in [4.78, 5) is 9.38. The second-order valence-corrected chi connectivity index (χ2v) is 17.2. The number of nitrogens with zero attached hydrogens (tertiary/aromatic N) is 2. The van der Waals surface area contributed by atoms with E-state index in [-0.39, 0.29) is 0 Å². The summed E-state index contributed by atoms with van der Waals surface area (Å²) < 4.78 is 0. The van der Waals surface area contributed by atoms with Crippen molar-refractivity contribution in [1.29, 1.82) is 0 Å². The smallest absolute Gasteiger partial charge is 0.0404 e. The summed E-state index contributed by atoms with van der Waals surface area (Å²) in [6, 6.07) is 44.8. The average Bonchev–Trinajstić information content (AvgIpc) is 3.32. The average molecular weight is 813 g/mol. The van der Waals surface area contributed by atoms with Crippen molar-refractivity contribution in [3.05, 3.63) is 156 Å². The van der Waals surface area contributed by atoms with Crippen molar-refractivity contribution in [3.8, 4) is 44.5 Å². The molecule has 2 aromatic heterocycles. The molecule has 6 rings (SSSR count). The molecule has 0 saturated heterocycles. The van der Waals surface area contributed by atoms with Gasteiger partial charge in [0.1, 0.15) is 0 Å². The fourth-order valence-electron chi connectivity index (χ4n) is 8.08. The standard InChI is InChI=1S/C30H39N.C29H37N/c1-3-5-7-9-11-13-30-23-22-29(24-31-30)28-20-18-27(19-21-28)26-16-14-25(15-17-26)12-10-8-6-4-2;1-3-5-7-9-11-24-13-15-25(16-14-24)26-17-19-27(20-18-26)28-21-22-29(30-23-28)12-10-8-6-4-2/h14-24H,3-13H2,1-2H3;13-23H,3-12H2,1-2H3. The monoisotopic (exact) mass is 813 g/mol. The summed E-state index contributed by atoms with van der Waals surface area (Å²) in [5.41, 5.74) is 15.3. The van der Waals surface area contributed by atoms with E-state index in [0.29, 0.717) is 0 Å². The summed E-state index contributed by atoms with van der Waals surface area (Å²) in [6.07, 6.45) is 30.9. The van der Waals surface area contributed by atoms with E-state index in [1.165, 1.54) is 189 Å². The molecule has 6 aromatic rings. The number of benzene rings is 4. The number of aromatic nitrogens is 2. The zero-order chi connectivity index (χ0) is 42.7. The number of unbranched alkanes of at least 4 members (excludes halogenated alkanes) is 13. The van der Waals surface area contributed by atoms with Crippen LogP contribution in [-0.2, 0) is 25.7 Å². The van der Waals surface area contributed by atoms with Gasteiger partial charge in [0.2, 0.25) is 0 Å². The number of hydrogen-bond acceptors (Lipinski definition) is 2. The molecule has 0 atom stereocenters. The number of aryl methyl sites for hydroxylation is 4. The van der Waals surface area contributed by atoms with Crippen molar-refractivity contribution < 1.29 is 0 Å². The lowest BCUT2D eigenvalue weighted by molar-refractivity contribution is 0.628. The first-order valence-electron chi connectivity index (χ1n) is 24.4. The van der Waals surface area contributed by atoms with E-state index in [1.54, 1.807) is 0 Å². The van der Waals surface area contributed by atoms with Gasteiger partial charge in [-0.1, -0.05) is 220 Å². The first-order chi connectivity index (χ1) is 30.1. The minimum Gasteiger partial charge on any atom is -0.261 e. The van der Waals surface area contributed by atoms with Crippen molar-refractivity contribution in [3.63, 3.8) is 0 Å². The lowest BCUT2D eigenvalue weighted by Gasteiger charge is -2.07. The molecule has 4 aromatic carbocycles. The summed E-state index contributed by atoms with van der Waals surface area (Å²) in [5, 5.41) is 0. The molecule has 2 heteroatoms. The highest BCUT2D eigenvalue weighted by Gasteiger charge is 2.05. The van der Waals surface area contributed by atoms with E-state index in [1.807, 2.05) is 12.4 Å². The summed E-state index contributed by atoms with van der Waals surface area (Å²) >= 11 is 0. The van der Waals surface area contributed by atoms with Gasteiger partial charge in [-0.15, -0.1) is 0 Å². The topological polar surface area (TPSA) is 25.8 Å². The quantitative estimate of drug-likeness (QED) is 0.0538. The van der Waals surface area contributed by atoms with Gasteiger partial charge in [-0.25, -0.2) is 0 Å². The van der Waals surface area contributed by atoms with Crippen molar-refractivity contribution in [2.75, 3.05) is 0 Å². The van der Waals surface area contributed by atoms with Crippen LogP contribution < -0.4 is 0 Å². The summed E-state index contributed by atoms with van der Waals surface area (Å²) in [6.45, 7) is 9.05. The minimum absolute atomic E-state index is 1.09. The van der Waals surface area contributed by atoms with E-state index < -0.39 is 0 Å². The summed E-state index contributed by atoms with van der Waals surface area (Å²) in [5.74, 6) is 0. The van der Waals surface area contributed by atoms with Crippen LogP contribution >= 0.6 is 0 Å². The maximum Gasteiger partial charge on any atom is 0.0404 e. The van der Waals surface area contributed by atoms with Crippen LogP contribution in [0.15, 0.2) is 134 Å². The molecule has 0 aliphatic rings. The van der Waals surface area contributed by atoms with Crippen molar-refractivity contribution >= 4 is 0 Å². The maximum absolute atomic E-state index is 4.70. The normalized spacial score (nSPS) is 11.0. The molecule has 0 spiro atoms. The van der Waals surface area contributed by atoms with Crippen LogP contribution in [0.5, 0.6) is 0 Å². The number of hydrogen-bond donors (Lipinski definition) is 0. The van der Waals surface area contributed by atoms with Gasteiger partial charge in [0.05, 0.1) is 0 Å². The molecule has 61 heavy (non-hydrogen) atoms. The van der Waals surface area contributed by atoms with Gasteiger partial charge in [0.25, 0.3) is 0 Å². The maximum atomic E-state index is 4.70. The number of pyridine rings is 2. The molecule has 0 aliphatic heterocycles. The fourth-order valence-corrected chi connectivity index (χ4v) is 8.08. The Hall–Kier alpha value is -4.82. The van der Waals surface area contributed by atoms with Crippen LogP contribution in [0, 0.1) is 0 Å². The Morgan fingerprint density at radius 3 is 0.787 bits per heavy atom. The van der Waals surface area contributed by atoms with Crippen LogP contribution in [0.1, 0.15) is 159 Å². The highest BCUT2D eigenvalue weighted by Crippen LogP contribution is 2.27. The van der Waals surface area contributed by atoms with Crippen LogP contribution in [-0.4, -0.2) is 9.97 Å². The van der Waals surface area contributed by atoms with Crippen LogP contribution in [0.4, 0.5) is 0 Å². The second-order valence-electron chi connectivity index (χ2n) is 17.2. The van der Waals surface area contributed by atoms with Crippen LogP contribution in [0.2, 0.25) is 0 Å². The third-order valence-electron chi connectivity index (χ3n) is 12.1. The van der Waals surface area contributed by atoms with E-state index >= 15 is 0 Å². The second kappa shape index (κ2) is 27.9. The molecular weight excluding hydrogens is 737 g/mol. The highest BCUT2D eigenvalue weighted by molar-refractivity contribution is 5.71. The van der Waals surface area contributed by atoms with Gasteiger partial charge < -0.3 is 0 Å². The predicted molar refractivity (Wildman–Crippen MR) is 266 cm³/mol. The third kappa shape index (κ3) is 16.9. The molecule has 0 unspecified atom stereocenters. The van der Waals surface area contributed by atoms with E-state index in [4.69, 9.17) is 4.98 Å². The highest BCUT2D eigenvalue weighted by atomic mass is 14.7. The summed E-state index contributed by atoms with van der Waals surface area (Å²) in [7, 11) is 0. The van der Waals surface area contributed by atoms with Gasteiger partial charge >= 0.3 is 0 Å². The molecule has 0 amide bonds. The molecule has 0 radical (unpaired) electrons. The van der Waals surface area contributed by atoms with E-state index in [9.17, 15) is 0 Å². The Labute approximate surface area is 371 Å². The largest absolute Gasteiger partial charge is 0.261 e. The van der Waals surface area contributed by atoms with Crippen LogP contribution in [0.3, 0.4) is 0 Å². The van der Waals surface area contributed by atoms with Gasteiger partial charge in [-0.2, -0.15) is 0 Å². The number of rotatable bonds is 25. The first kappa shape index (κ1) is 47.2. The molecule has 0 N–H and O–H groups in total. The predicted octanol–water partition coefficient (Wildman–Crippen LogP) is 17.7. The fraction of sp³-hybridized carbons (Fsp3) is 0.424. The van der Waals surface area contributed by atoms with Gasteiger partial charge in [0, 0.05) is 34.9 Å². The molecule has 0 fully saturated rings.